The topological polar surface area (TPSA) is 26.0 Å². The van der Waals surface area contributed by atoms with Gasteiger partial charge in [-0.2, -0.15) is 0 Å². The molecule has 1 nitrogen and oxygen atoms in total. The second-order valence-electron chi connectivity index (χ2n) is 3.14. The number of benzene rings is 1. The van der Waals surface area contributed by atoms with Crippen molar-refractivity contribution < 1.29 is 0 Å². The van der Waals surface area contributed by atoms with Crippen LogP contribution in [0.4, 0.5) is 5.69 Å². The van der Waals surface area contributed by atoms with E-state index < -0.39 is 8.80 Å². The standard InChI is InChI=1S/C10H17NSi/c1-3-12(4-2)10-8-6-5-7-9(10)11/h5-8,12H,3-4,11H2,1-2H3. The molecule has 0 bridgehead atoms. The molecule has 12 heavy (non-hydrogen) atoms. The summed E-state index contributed by atoms with van der Waals surface area (Å²) in [5.74, 6) is 0. The molecule has 0 atom stereocenters. The third kappa shape index (κ3) is 1.88. The largest absolute Gasteiger partial charge is 0.399 e. The zero-order valence-electron chi connectivity index (χ0n) is 7.88. The lowest BCUT2D eigenvalue weighted by atomic mass is 10.3. The highest BCUT2D eigenvalue weighted by Crippen LogP contribution is 2.05. The first-order chi connectivity index (χ1) is 5.79. The Kier molecular flexibility index (Phi) is 3.35. The Balaban J connectivity index is 2.92. The third-order valence-electron chi connectivity index (χ3n) is 2.42. The third-order valence-corrected chi connectivity index (χ3v) is 5.80. The van der Waals surface area contributed by atoms with Gasteiger partial charge in [0.15, 0.2) is 0 Å². The highest BCUT2D eigenvalue weighted by Gasteiger charge is 2.10. The first-order valence-electron chi connectivity index (χ1n) is 4.64. The van der Waals surface area contributed by atoms with E-state index in [4.69, 9.17) is 5.73 Å². The summed E-state index contributed by atoms with van der Waals surface area (Å²) in [6, 6.07) is 10.9. The van der Waals surface area contributed by atoms with Gasteiger partial charge < -0.3 is 5.73 Å². The van der Waals surface area contributed by atoms with Crippen LogP contribution >= 0.6 is 0 Å². The molecule has 66 valence electrons. The van der Waals surface area contributed by atoms with Crippen molar-refractivity contribution in [3.05, 3.63) is 24.3 Å². The summed E-state index contributed by atoms with van der Waals surface area (Å²) < 4.78 is 0. The predicted octanol–water partition coefficient (Wildman–Crippen LogP) is 1.74. The van der Waals surface area contributed by atoms with Crippen LogP contribution in [-0.2, 0) is 0 Å². The molecule has 1 rings (SSSR count). The van der Waals surface area contributed by atoms with E-state index in [0.717, 1.165) is 5.69 Å². The first kappa shape index (κ1) is 9.33. The fourth-order valence-corrected chi connectivity index (χ4v) is 4.02. The number of hydrogen-bond donors (Lipinski definition) is 1. The molecule has 2 heteroatoms. The van der Waals surface area contributed by atoms with E-state index >= 15 is 0 Å². The molecular weight excluding hydrogens is 162 g/mol. The summed E-state index contributed by atoms with van der Waals surface area (Å²) >= 11 is 0. The van der Waals surface area contributed by atoms with Gasteiger partial charge in [-0.1, -0.05) is 44.1 Å². The minimum atomic E-state index is -0.715. The molecule has 0 saturated heterocycles. The van der Waals surface area contributed by atoms with E-state index in [1.165, 1.54) is 17.3 Å². The lowest BCUT2D eigenvalue weighted by Gasteiger charge is -2.12. The Morgan fingerprint density at radius 1 is 1.17 bits per heavy atom. The maximum Gasteiger partial charge on any atom is 0.0729 e. The van der Waals surface area contributed by atoms with Crippen molar-refractivity contribution in [2.45, 2.75) is 25.9 Å². The summed E-state index contributed by atoms with van der Waals surface area (Å²) in [5, 5.41) is 1.45. The molecule has 1 aromatic rings. The van der Waals surface area contributed by atoms with Gasteiger partial charge in [0.2, 0.25) is 0 Å². The molecule has 0 spiro atoms. The SMILES string of the molecule is CC[SiH](CC)c1ccccc1N. The zero-order valence-corrected chi connectivity index (χ0v) is 9.03. The monoisotopic (exact) mass is 179 g/mol. The van der Waals surface area contributed by atoms with Gasteiger partial charge in [-0.3, -0.25) is 0 Å². The van der Waals surface area contributed by atoms with E-state index in [-0.39, 0.29) is 0 Å². The lowest BCUT2D eigenvalue weighted by Crippen LogP contribution is -2.30. The predicted molar refractivity (Wildman–Crippen MR) is 58.6 cm³/mol. The minimum absolute atomic E-state index is 0.715. The van der Waals surface area contributed by atoms with E-state index in [2.05, 4.69) is 26.0 Å². The van der Waals surface area contributed by atoms with Gasteiger partial charge >= 0.3 is 0 Å². The van der Waals surface area contributed by atoms with Crippen LogP contribution in [0, 0.1) is 0 Å². The number of rotatable bonds is 3. The maximum absolute atomic E-state index is 5.91. The molecule has 0 unspecified atom stereocenters. The summed E-state index contributed by atoms with van der Waals surface area (Å²) in [6.07, 6.45) is 0. The molecule has 1 aromatic carbocycles. The van der Waals surface area contributed by atoms with Gasteiger partial charge in [0, 0.05) is 5.69 Å². The Morgan fingerprint density at radius 2 is 1.75 bits per heavy atom. The zero-order chi connectivity index (χ0) is 8.97. The molecule has 0 aliphatic carbocycles. The van der Waals surface area contributed by atoms with Gasteiger partial charge in [0.1, 0.15) is 0 Å². The smallest absolute Gasteiger partial charge is 0.0729 e. The van der Waals surface area contributed by atoms with E-state index in [0.29, 0.717) is 0 Å². The van der Waals surface area contributed by atoms with Crippen LogP contribution in [0.3, 0.4) is 0 Å². The quantitative estimate of drug-likeness (QED) is 0.555. The van der Waals surface area contributed by atoms with Gasteiger partial charge in [-0.15, -0.1) is 0 Å². The van der Waals surface area contributed by atoms with Crippen LogP contribution in [0.1, 0.15) is 13.8 Å². The molecule has 0 heterocycles. The molecule has 0 radical (unpaired) electrons. The van der Waals surface area contributed by atoms with Gasteiger partial charge in [-0.25, -0.2) is 0 Å². The molecular formula is C10H17NSi. The molecule has 0 aliphatic heterocycles. The van der Waals surface area contributed by atoms with Crippen molar-refractivity contribution in [1.29, 1.82) is 0 Å². The highest BCUT2D eigenvalue weighted by atomic mass is 28.3. The van der Waals surface area contributed by atoms with Crippen LogP contribution in [0.15, 0.2) is 24.3 Å². The van der Waals surface area contributed by atoms with E-state index in [1.807, 2.05) is 12.1 Å². The lowest BCUT2D eigenvalue weighted by molar-refractivity contribution is 1.33. The Bertz CT molecular complexity index is 243. The summed E-state index contributed by atoms with van der Waals surface area (Å²) in [5.41, 5.74) is 6.91. The Hall–Kier alpha value is -0.763. The summed E-state index contributed by atoms with van der Waals surface area (Å²) in [6.45, 7) is 4.54. The number of anilines is 1. The second kappa shape index (κ2) is 4.31. The number of para-hydroxylation sites is 1. The molecule has 0 fully saturated rings. The normalized spacial score (nSPS) is 10.6. The van der Waals surface area contributed by atoms with Gasteiger partial charge in [-0.05, 0) is 11.3 Å². The van der Waals surface area contributed by atoms with Crippen molar-refractivity contribution in [2.24, 2.45) is 0 Å². The molecule has 2 N–H and O–H groups in total. The van der Waals surface area contributed by atoms with Crippen molar-refractivity contribution in [3.63, 3.8) is 0 Å². The van der Waals surface area contributed by atoms with Crippen LogP contribution in [0.2, 0.25) is 12.1 Å². The van der Waals surface area contributed by atoms with Crippen LogP contribution in [-0.4, -0.2) is 8.80 Å². The van der Waals surface area contributed by atoms with Gasteiger partial charge in [0.05, 0.1) is 8.80 Å². The first-order valence-corrected chi connectivity index (χ1v) is 6.85. The van der Waals surface area contributed by atoms with Crippen LogP contribution in [0.5, 0.6) is 0 Å². The minimum Gasteiger partial charge on any atom is -0.399 e. The Morgan fingerprint density at radius 3 is 2.25 bits per heavy atom. The molecule has 0 saturated carbocycles. The molecule has 0 aromatic heterocycles. The molecule has 0 amide bonds. The van der Waals surface area contributed by atoms with Crippen molar-refractivity contribution in [1.82, 2.24) is 0 Å². The van der Waals surface area contributed by atoms with E-state index in [1.54, 1.807) is 0 Å². The van der Waals surface area contributed by atoms with Crippen molar-refractivity contribution >= 4 is 19.7 Å². The Labute approximate surface area is 76.2 Å². The number of nitrogen functional groups attached to an aromatic ring is 1. The summed E-state index contributed by atoms with van der Waals surface area (Å²) in [7, 11) is -0.715. The van der Waals surface area contributed by atoms with Crippen molar-refractivity contribution in [3.8, 4) is 0 Å². The fraction of sp³-hybridized carbons (Fsp3) is 0.400. The summed E-state index contributed by atoms with van der Waals surface area (Å²) in [4.78, 5) is 0. The second-order valence-corrected chi connectivity index (χ2v) is 6.79. The van der Waals surface area contributed by atoms with Gasteiger partial charge in [0.25, 0.3) is 0 Å². The van der Waals surface area contributed by atoms with Crippen molar-refractivity contribution in [2.75, 3.05) is 5.73 Å². The highest BCUT2D eigenvalue weighted by molar-refractivity contribution is 6.74. The average molecular weight is 179 g/mol. The van der Waals surface area contributed by atoms with E-state index in [9.17, 15) is 0 Å². The van der Waals surface area contributed by atoms with Crippen LogP contribution in [0.25, 0.3) is 0 Å². The average Bonchev–Trinajstić information content (AvgIpc) is 2.10. The number of nitrogens with two attached hydrogens (primary N) is 1. The number of hydrogen-bond acceptors (Lipinski definition) is 1. The maximum atomic E-state index is 5.91. The van der Waals surface area contributed by atoms with Crippen LogP contribution < -0.4 is 10.9 Å². The fourth-order valence-electron chi connectivity index (χ4n) is 1.61. The molecule has 0 aliphatic rings.